The molecule has 0 bridgehead atoms. The van der Waals surface area contributed by atoms with E-state index in [9.17, 15) is 0 Å². The summed E-state index contributed by atoms with van der Waals surface area (Å²) < 4.78 is 5.75. The van der Waals surface area contributed by atoms with Gasteiger partial charge >= 0.3 is 0 Å². The van der Waals surface area contributed by atoms with Crippen molar-refractivity contribution in [1.82, 2.24) is 5.43 Å². The van der Waals surface area contributed by atoms with Crippen LogP contribution in [0.1, 0.15) is 33.8 Å². The lowest BCUT2D eigenvalue weighted by Gasteiger charge is -2.18. The minimum Gasteiger partial charge on any atom is -0.494 e. The highest BCUT2D eigenvalue weighted by atomic mass is 32.2. The molecule has 0 aliphatic carbocycles. The molecule has 1 aliphatic rings. The largest absolute Gasteiger partial charge is 0.494 e. The first-order chi connectivity index (χ1) is 10.3. The van der Waals surface area contributed by atoms with Crippen LogP contribution in [0.5, 0.6) is 5.75 Å². The molecule has 5 heteroatoms. The fraction of sp³-hybridized carbons (Fsp3) is 0.375. The van der Waals surface area contributed by atoms with Gasteiger partial charge in [-0.05, 0) is 36.8 Å². The van der Waals surface area contributed by atoms with E-state index in [1.165, 1.54) is 27.5 Å². The number of thioether (sulfide) groups is 1. The van der Waals surface area contributed by atoms with E-state index in [0.717, 1.165) is 17.1 Å². The number of nitrogens with two attached hydrogens (primary N) is 1. The summed E-state index contributed by atoms with van der Waals surface area (Å²) in [5.41, 5.74) is 5.54. The summed E-state index contributed by atoms with van der Waals surface area (Å²) in [6.07, 6.45) is 1.18. The van der Waals surface area contributed by atoms with E-state index >= 15 is 0 Å². The van der Waals surface area contributed by atoms with E-state index in [1.807, 2.05) is 48.2 Å². The van der Waals surface area contributed by atoms with E-state index in [2.05, 4.69) is 17.6 Å². The van der Waals surface area contributed by atoms with Crippen LogP contribution in [0.15, 0.2) is 30.3 Å². The Morgan fingerprint density at radius 2 is 2.24 bits per heavy atom. The molecule has 0 amide bonds. The molecule has 1 aliphatic heterocycles. The molecule has 2 aromatic rings. The maximum atomic E-state index is 5.86. The van der Waals surface area contributed by atoms with Gasteiger partial charge in [0, 0.05) is 21.1 Å². The number of fused-ring (bicyclic) bond motifs is 1. The molecule has 3 rings (SSSR count). The van der Waals surface area contributed by atoms with Crippen LogP contribution >= 0.6 is 23.1 Å². The predicted molar refractivity (Wildman–Crippen MR) is 91.0 cm³/mol. The van der Waals surface area contributed by atoms with Gasteiger partial charge in [0.2, 0.25) is 0 Å². The summed E-state index contributed by atoms with van der Waals surface area (Å²) in [5.74, 6) is 9.11. The third-order valence-electron chi connectivity index (χ3n) is 3.63. The fourth-order valence-electron chi connectivity index (χ4n) is 2.64. The summed E-state index contributed by atoms with van der Waals surface area (Å²) >= 11 is 3.89. The van der Waals surface area contributed by atoms with E-state index in [4.69, 9.17) is 10.6 Å². The zero-order chi connectivity index (χ0) is 14.7. The van der Waals surface area contributed by atoms with Crippen molar-refractivity contribution in [2.45, 2.75) is 25.1 Å². The lowest BCUT2D eigenvalue weighted by atomic mass is 10.0. The molecule has 3 nitrogen and oxygen atoms in total. The van der Waals surface area contributed by atoms with Crippen molar-refractivity contribution in [3.05, 3.63) is 51.2 Å². The quantitative estimate of drug-likeness (QED) is 0.654. The van der Waals surface area contributed by atoms with E-state index < -0.39 is 0 Å². The fourth-order valence-corrected chi connectivity index (χ4v) is 5.10. The minimum absolute atomic E-state index is 0.00616. The Labute approximate surface area is 133 Å². The zero-order valence-electron chi connectivity index (χ0n) is 12.1. The Morgan fingerprint density at radius 3 is 3.00 bits per heavy atom. The molecule has 1 aromatic carbocycles. The molecule has 1 aromatic heterocycles. The first-order valence-corrected chi connectivity index (χ1v) is 9.17. The molecule has 112 valence electrons. The lowest BCUT2D eigenvalue weighted by molar-refractivity contribution is 0.334. The SMILES string of the molecule is CCOc1ccccc1C(NN)c1cc2c(s1)CCSC2. The Bertz CT molecular complexity index is 589. The van der Waals surface area contributed by atoms with Crippen LogP contribution in [0.25, 0.3) is 0 Å². The smallest absolute Gasteiger partial charge is 0.124 e. The average molecular weight is 320 g/mol. The molecule has 0 saturated heterocycles. The number of benzene rings is 1. The Morgan fingerprint density at radius 1 is 1.38 bits per heavy atom. The maximum absolute atomic E-state index is 5.86. The van der Waals surface area contributed by atoms with Crippen molar-refractivity contribution < 1.29 is 4.74 Å². The highest BCUT2D eigenvalue weighted by molar-refractivity contribution is 7.98. The van der Waals surface area contributed by atoms with Crippen LogP contribution in [0.2, 0.25) is 0 Å². The minimum atomic E-state index is -0.00616. The maximum Gasteiger partial charge on any atom is 0.124 e. The molecule has 1 unspecified atom stereocenters. The van der Waals surface area contributed by atoms with Gasteiger partial charge in [-0.15, -0.1) is 11.3 Å². The zero-order valence-corrected chi connectivity index (χ0v) is 13.7. The van der Waals surface area contributed by atoms with Gasteiger partial charge in [-0.25, -0.2) is 5.43 Å². The number of nitrogens with one attached hydrogen (secondary N) is 1. The topological polar surface area (TPSA) is 47.3 Å². The molecule has 1 atom stereocenters. The standard InChI is InChI=1S/C16H20N2OS2/c1-2-19-13-6-4-3-5-12(13)16(18-17)15-9-11-10-20-8-7-14(11)21-15/h3-6,9,16,18H,2,7-8,10,17H2,1H3. The summed E-state index contributed by atoms with van der Waals surface area (Å²) in [4.78, 5) is 2.79. The second kappa shape index (κ2) is 6.83. The van der Waals surface area contributed by atoms with Crippen LogP contribution in [0.4, 0.5) is 0 Å². The van der Waals surface area contributed by atoms with Crippen molar-refractivity contribution in [3.8, 4) is 5.75 Å². The molecule has 2 heterocycles. The number of thiophene rings is 1. The van der Waals surface area contributed by atoms with Crippen LogP contribution in [0.3, 0.4) is 0 Å². The van der Waals surface area contributed by atoms with Crippen LogP contribution in [-0.4, -0.2) is 12.4 Å². The molecule has 3 N–H and O–H groups in total. The van der Waals surface area contributed by atoms with Crippen molar-refractivity contribution in [3.63, 3.8) is 0 Å². The number of rotatable bonds is 5. The van der Waals surface area contributed by atoms with Gasteiger partial charge in [0.05, 0.1) is 12.6 Å². The Balaban J connectivity index is 1.96. The van der Waals surface area contributed by atoms with Gasteiger partial charge in [0.25, 0.3) is 0 Å². The van der Waals surface area contributed by atoms with Gasteiger partial charge in [-0.1, -0.05) is 18.2 Å². The number of hydrogen-bond acceptors (Lipinski definition) is 5. The molecular weight excluding hydrogens is 300 g/mol. The van der Waals surface area contributed by atoms with Crippen molar-refractivity contribution in [2.75, 3.05) is 12.4 Å². The Hall–Kier alpha value is -1.01. The highest BCUT2D eigenvalue weighted by Crippen LogP contribution is 2.38. The highest BCUT2D eigenvalue weighted by Gasteiger charge is 2.22. The van der Waals surface area contributed by atoms with E-state index in [1.54, 1.807) is 0 Å². The van der Waals surface area contributed by atoms with Crippen LogP contribution in [-0.2, 0) is 12.2 Å². The van der Waals surface area contributed by atoms with Gasteiger partial charge in [-0.3, -0.25) is 5.84 Å². The lowest BCUT2D eigenvalue weighted by Crippen LogP contribution is -2.28. The summed E-state index contributed by atoms with van der Waals surface area (Å²) in [7, 11) is 0. The molecule has 0 fully saturated rings. The van der Waals surface area contributed by atoms with Crippen LogP contribution in [0, 0.1) is 0 Å². The molecule has 0 radical (unpaired) electrons. The third-order valence-corrected chi connectivity index (χ3v) is 5.94. The molecule has 21 heavy (non-hydrogen) atoms. The molecule has 0 spiro atoms. The number of hydrazine groups is 1. The first kappa shape index (κ1) is 14.9. The predicted octanol–water partition coefficient (Wildman–Crippen LogP) is 3.49. The second-order valence-corrected chi connectivity index (χ2v) is 7.24. The van der Waals surface area contributed by atoms with Crippen molar-refractivity contribution in [1.29, 1.82) is 0 Å². The summed E-state index contributed by atoms with van der Waals surface area (Å²) in [6, 6.07) is 10.4. The van der Waals surface area contributed by atoms with E-state index in [-0.39, 0.29) is 6.04 Å². The number of ether oxygens (including phenoxy) is 1. The monoisotopic (exact) mass is 320 g/mol. The van der Waals surface area contributed by atoms with E-state index in [0.29, 0.717) is 6.61 Å². The van der Waals surface area contributed by atoms with Crippen LogP contribution < -0.4 is 16.0 Å². The van der Waals surface area contributed by atoms with Crippen molar-refractivity contribution >= 4 is 23.1 Å². The number of hydrogen-bond donors (Lipinski definition) is 2. The molecule has 0 saturated carbocycles. The number of para-hydroxylation sites is 1. The van der Waals surface area contributed by atoms with Gasteiger partial charge < -0.3 is 4.74 Å². The summed E-state index contributed by atoms with van der Waals surface area (Å²) in [6.45, 7) is 2.66. The average Bonchev–Trinajstić information content (AvgIpc) is 2.93. The van der Waals surface area contributed by atoms with Gasteiger partial charge in [0.15, 0.2) is 0 Å². The second-order valence-electron chi connectivity index (χ2n) is 4.97. The van der Waals surface area contributed by atoms with Gasteiger partial charge in [-0.2, -0.15) is 11.8 Å². The summed E-state index contributed by atoms with van der Waals surface area (Å²) in [5, 5.41) is 0. The third kappa shape index (κ3) is 3.11. The first-order valence-electron chi connectivity index (χ1n) is 7.20. The normalized spacial score (nSPS) is 15.5. The Kier molecular flexibility index (Phi) is 4.85. The van der Waals surface area contributed by atoms with Crippen molar-refractivity contribution in [2.24, 2.45) is 5.84 Å². The molecular formula is C16H20N2OS2. The number of aryl methyl sites for hydroxylation is 1. The van der Waals surface area contributed by atoms with Gasteiger partial charge in [0.1, 0.15) is 5.75 Å².